The summed E-state index contributed by atoms with van der Waals surface area (Å²) in [5.41, 5.74) is 1.13. The summed E-state index contributed by atoms with van der Waals surface area (Å²) >= 11 is 9.57. The number of rotatable bonds is 3. The van der Waals surface area contributed by atoms with Gasteiger partial charge in [0.25, 0.3) is 0 Å². The minimum Gasteiger partial charge on any atom is -0.349 e. The van der Waals surface area contributed by atoms with E-state index in [1.807, 2.05) is 56.2 Å². The molecule has 0 unspecified atom stereocenters. The molecule has 0 fully saturated rings. The van der Waals surface area contributed by atoms with Gasteiger partial charge in [-0.15, -0.1) is 0 Å². The molecule has 0 amide bonds. The molecule has 0 aliphatic heterocycles. The maximum Gasteiger partial charge on any atom is 0.195 e. The van der Waals surface area contributed by atoms with E-state index >= 15 is 0 Å². The van der Waals surface area contributed by atoms with Crippen LogP contribution in [0.2, 0.25) is 5.02 Å². The van der Waals surface area contributed by atoms with Gasteiger partial charge in [0.15, 0.2) is 5.96 Å². The first-order chi connectivity index (χ1) is 8.41. The molecule has 0 radical (unpaired) electrons. The van der Waals surface area contributed by atoms with E-state index < -0.39 is 0 Å². The molecule has 0 saturated carbocycles. The van der Waals surface area contributed by atoms with E-state index in [1.54, 1.807) is 0 Å². The second-order valence-corrected chi connectivity index (χ2v) is 5.78. The van der Waals surface area contributed by atoms with Gasteiger partial charge in [-0.3, -0.25) is 4.99 Å². The van der Waals surface area contributed by atoms with Crippen LogP contribution in [0.3, 0.4) is 0 Å². The molecule has 0 aliphatic rings. The molecular formula is C13H19BrClN3. The van der Waals surface area contributed by atoms with Crippen molar-refractivity contribution < 1.29 is 0 Å². The van der Waals surface area contributed by atoms with Crippen molar-refractivity contribution in [2.24, 2.45) is 4.99 Å². The zero-order valence-corrected chi connectivity index (χ0v) is 13.6. The number of aliphatic imine (C=N–C) groups is 1. The zero-order chi connectivity index (χ0) is 13.7. The van der Waals surface area contributed by atoms with E-state index in [1.165, 1.54) is 0 Å². The van der Waals surface area contributed by atoms with Crippen LogP contribution in [0.1, 0.15) is 5.56 Å². The summed E-state index contributed by atoms with van der Waals surface area (Å²) in [6.07, 6.45) is 0.845. The molecule has 0 heterocycles. The largest absolute Gasteiger partial charge is 0.349 e. The van der Waals surface area contributed by atoms with Crippen molar-refractivity contribution in [1.82, 2.24) is 9.80 Å². The Labute approximate surface area is 123 Å². The highest BCUT2D eigenvalue weighted by Crippen LogP contribution is 2.21. The van der Waals surface area contributed by atoms with Gasteiger partial charge in [-0.05, 0) is 24.1 Å². The molecule has 100 valence electrons. The molecular weight excluding hydrogens is 314 g/mol. The molecule has 5 heteroatoms. The summed E-state index contributed by atoms with van der Waals surface area (Å²) < 4.78 is 1.00. The van der Waals surface area contributed by atoms with Crippen molar-refractivity contribution in [3.05, 3.63) is 33.3 Å². The minimum atomic E-state index is 0.729. The highest BCUT2D eigenvalue weighted by Gasteiger charge is 2.04. The van der Waals surface area contributed by atoms with E-state index in [2.05, 4.69) is 20.9 Å². The number of halogens is 2. The van der Waals surface area contributed by atoms with Gasteiger partial charge >= 0.3 is 0 Å². The molecule has 0 bridgehead atoms. The van der Waals surface area contributed by atoms with Gasteiger partial charge in [0.1, 0.15) is 0 Å². The molecule has 1 rings (SSSR count). The van der Waals surface area contributed by atoms with Crippen molar-refractivity contribution in [3.8, 4) is 0 Å². The lowest BCUT2D eigenvalue weighted by atomic mass is 10.1. The molecule has 1 aromatic carbocycles. The topological polar surface area (TPSA) is 18.8 Å². The van der Waals surface area contributed by atoms with Crippen molar-refractivity contribution in [3.63, 3.8) is 0 Å². The average Bonchev–Trinajstić information content (AvgIpc) is 2.25. The molecule has 1 aromatic rings. The fraction of sp³-hybridized carbons (Fsp3) is 0.462. The SMILES string of the molecule is CN(C)C(=NCCc1ccc(Br)cc1Cl)N(C)C. The van der Waals surface area contributed by atoms with Crippen LogP contribution in [0.15, 0.2) is 27.7 Å². The second-order valence-electron chi connectivity index (χ2n) is 4.46. The first kappa shape index (κ1) is 15.3. The van der Waals surface area contributed by atoms with E-state index in [4.69, 9.17) is 11.6 Å². The monoisotopic (exact) mass is 331 g/mol. The Bertz CT molecular complexity index is 420. The Balaban J connectivity index is 2.67. The van der Waals surface area contributed by atoms with E-state index in [-0.39, 0.29) is 0 Å². The van der Waals surface area contributed by atoms with Crippen molar-refractivity contribution >= 4 is 33.5 Å². The highest BCUT2D eigenvalue weighted by molar-refractivity contribution is 9.10. The molecule has 18 heavy (non-hydrogen) atoms. The van der Waals surface area contributed by atoms with Crippen LogP contribution in [-0.4, -0.2) is 50.5 Å². The van der Waals surface area contributed by atoms with E-state index in [9.17, 15) is 0 Å². The highest BCUT2D eigenvalue weighted by atomic mass is 79.9. The Kier molecular flexibility index (Phi) is 5.96. The van der Waals surface area contributed by atoms with Crippen LogP contribution < -0.4 is 0 Å². The fourth-order valence-corrected chi connectivity index (χ4v) is 2.45. The Hall–Kier alpha value is -0.740. The van der Waals surface area contributed by atoms with Crippen LogP contribution in [-0.2, 0) is 6.42 Å². The summed E-state index contributed by atoms with van der Waals surface area (Å²) in [5, 5.41) is 0.788. The van der Waals surface area contributed by atoms with Crippen LogP contribution in [0, 0.1) is 0 Å². The summed E-state index contributed by atoms with van der Waals surface area (Å²) in [6, 6.07) is 5.95. The van der Waals surface area contributed by atoms with Gasteiger partial charge in [0.05, 0.1) is 0 Å². The smallest absolute Gasteiger partial charge is 0.195 e. The molecule has 0 aromatic heterocycles. The number of hydrogen-bond acceptors (Lipinski definition) is 1. The zero-order valence-electron chi connectivity index (χ0n) is 11.2. The predicted octanol–water partition coefficient (Wildman–Crippen LogP) is 3.12. The van der Waals surface area contributed by atoms with Crippen LogP contribution in [0.4, 0.5) is 0 Å². The van der Waals surface area contributed by atoms with Crippen LogP contribution >= 0.6 is 27.5 Å². The van der Waals surface area contributed by atoms with E-state index in [0.717, 1.165) is 34.0 Å². The third-order valence-corrected chi connectivity index (χ3v) is 3.29. The fourth-order valence-electron chi connectivity index (χ4n) is 1.68. The van der Waals surface area contributed by atoms with Gasteiger partial charge in [-0.25, -0.2) is 0 Å². The molecule has 3 nitrogen and oxygen atoms in total. The van der Waals surface area contributed by atoms with Gasteiger partial charge in [0.2, 0.25) is 0 Å². The average molecular weight is 333 g/mol. The van der Waals surface area contributed by atoms with Crippen molar-refractivity contribution in [2.45, 2.75) is 6.42 Å². The quantitative estimate of drug-likeness (QED) is 0.625. The third kappa shape index (κ3) is 4.50. The standard InChI is InChI=1S/C13H19BrClN3/c1-17(2)13(18(3)4)16-8-7-10-5-6-11(14)9-12(10)15/h5-6,9H,7-8H2,1-4H3. The van der Waals surface area contributed by atoms with Gasteiger partial charge in [0, 0.05) is 44.2 Å². The Morgan fingerprint density at radius 1 is 1.22 bits per heavy atom. The maximum atomic E-state index is 6.17. The summed E-state index contributed by atoms with van der Waals surface area (Å²) in [5.74, 6) is 0.961. The van der Waals surface area contributed by atoms with Crippen molar-refractivity contribution in [2.75, 3.05) is 34.7 Å². The van der Waals surface area contributed by atoms with E-state index in [0.29, 0.717) is 0 Å². The summed E-state index contributed by atoms with van der Waals surface area (Å²) in [7, 11) is 7.97. The first-order valence-electron chi connectivity index (χ1n) is 5.75. The number of guanidine groups is 1. The lowest BCUT2D eigenvalue weighted by molar-refractivity contribution is 0.479. The molecule has 0 atom stereocenters. The second kappa shape index (κ2) is 7.00. The third-order valence-electron chi connectivity index (χ3n) is 2.45. The first-order valence-corrected chi connectivity index (χ1v) is 6.92. The van der Waals surface area contributed by atoms with Crippen LogP contribution in [0.5, 0.6) is 0 Å². The Morgan fingerprint density at radius 3 is 2.33 bits per heavy atom. The summed E-state index contributed by atoms with van der Waals surface area (Å²) in [4.78, 5) is 8.59. The summed E-state index contributed by atoms with van der Waals surface area (Å²) in [6.45, 7) is 0.729. The van der Waals surface area contributed by atoms with Gasteiger partial charge < -0.3 is 9.80 Å². The lowest BCUT2D eigenvalue weighted by Crippen LogP contribution is -2.35. The molecule has 0 saturated heterocycles. The normalized spacial score (nSPS) is 10.1. The van der Waals surface area contributed by atoms with Crippen molar-refractivity contribution in [1.29, 1.82) is 0 Å². The number of nitrogens with zero attached hydrogens (tertiary/aromatic N) is 3. The maximum absolute atomic E-state index is 6.17. The Morgan fingerprint density at radius 2 is 1.83 bits per heavy atom. The predicted molar refractivity (Wildman–Crippen MR) is 82.5 cm³/mol. The minimum absolute atomic E-state index is 0.729. The molecule has 0 aliphatic carbocycles. The lowest BCUT2D eigenvalue weighted by Gasteiger charge is -2.22. The van der Waals surface area contributed by atoms with Gasteiger partial charge in [-0.2, -0.15) is 0 Å². The van der Waals surface area contributed by atoms with Crippen LogP contribution in [0.25, 0.3) is 0 Å². The molecule has 0 spiro atoms. The van der Waals surface area contributed by atoms with Gasteiger partial charge in [-0.1, -0.05) is 33.6 Å². The number of hydrogen-bond donors (Lipinski definition) is 0. The number of benzene rings is 1. The molecule has 0 N–H and O–H groups in total.